The van der Waals surface area contributed by atoms with Gasteiger partial charge in [-0.2, -0.15) is 0 Å². The highest BCUT2D eigenvalue weighted by Gasteiger charge is 2.20. The van der Waals surface area contributed by atoms with Crippen LogP contribution < -0.4 is 0 Å². The van der Waals surface area contributed by atoms with Gasteiger partial charge in [-0.25, -0.2) is 15.0 Å². The molecule has 0 atom stereocenters. The molecule has 11 rings (SSSR count). The van der Waals surface area contributed by atoms with Crippen LogP contribution in [0.15, 0.2) is 180 Å². The van der Waals surface area contributed by atoms with Crippen molar-refractivity contribution in [3.63, 3.8) is 0 Å². The molecule has 0 saturated carbocycles. The first-order valence-electron chi connectivity index (χ1n) is 17.9. The van der Waals surface area contributed by atoms with Gasteiger partial charge in [0, 0.05) is 32.8 Å². The number of furan rings is 1. The van der Waals surface area contributed by atoms with Crippen molar-refractivity contribution in [1.29, 1.82) is 0 Å². The lowest BCUT2D eigenvalue weighted by Gasteiger charge is -2.12. The van der Waals surface area contributed by atoms with Gasteiger partial charge in [-0.15, -0.1) is 0 Å². The Hall–Kier alpha value is -7.17. The van der Waals surface area contributed by atoms with E-state index in [-0.39, 0.29) is 0 Å². The topological polar surface area (TPSA) is 51.8 Å². The molecule has 0 bridgehead atoms. The van der Waals surface area contributed by atoms with Crippen molar-refractivity contribution in [2.24, 2.45) is 0 Å². The molecule has 2 heterocycles. The number of nitrogens with zero attached hydrogens (tertiary/aromatic N) is 3. The van der Waals surface area contributed by atoms with Crippen LogP contribution in [0, 0.1) is 0 Å². The Morgan fingerprint density at radius 3 is 1.72 bits per heavy atom. The summed E-state index contributed by atoms with van der Waals surface area (Å²) in [6.07, 6.45) is 0. The van der Waals surface area contributed by atoms with Gasteiger partial charge in [-0.3, -0.25) is 0 Å². The summed E-state index contributed by atoms with van der Waals surface area (Å²) in [5, 5.41) is 11.4. The fraction of sp³-hybridized carbons (Fsp3) is 0. The van der Waals surface area contributed by atoms with Crippen molar-refractivity contribution in [3.8, 4) is 45.3 Å². The maximum Gasteiger partial charge on any atom is 0.164 e. The minimum absolute atomic E-state index is 0.617. The van der Waals surface area contributed by atoms with Gasteiger partial charge in [0.05, 0.1) is 0 Å². The zero-order chi connectivity index (χ0) is 34.9. The molecule has 11 aromatic rings. The normalized spacial score (nSPS) is 11.8. The summed E-state index contributed by atoms with van der Waals surface area (Å²) in [5.41, 5.74) is 6.84. The number of aromatic nitrogens is 3. The van der Waals surface area contributed by atoms with Gasteiger partial charge in [0.1, 0.15) is 11.2 Å². The van der Waals surface area contributed by atoms with Crippen molar-refractivity contribution >= 4 is 65.0 Å². The molecular weight excluding hydrogens is 647 g/mol. The standard InChI is InChI=1S/C49H29N3O/c1-2-13-31(14-3-1)47-50-48(35-23-22-30-12-4-5-15-32(30)26-35)52-49(51-47)44-29-43-42-28-34(24-25-45(42)53-46(43)40-21-11-10-20-39(40)44)41-27-33-16-6-7-17-36(33)37-18-8-9-19-38(37)41/h1-29H. The Morgan fingerprint density at radius 2 is 0.906 bits per heavy atom. The van der Waals surface area contributed by atoms with Crippen LogP contribution in [-0.2, 0) is 0 Å². The van der Waals surface area contributed by atoms with Crippen molar-refractivity contribution in [1.82, 2.24) is 15.0 Å². The minimum atomic E-state index is 0.617. The molecule has 0 aliphatic carbocycles. The van der Waals surface area contributed by atoms with Gasteiger partial charge in [-0.05, 0) is 79.2 Å². The molecule has 0 unspecified atom stereocenters. The molecule has 4 heteroatoms. The molecule has 4 nitrogen and oxygen atoms in total. The molecule has 246 valence electrons. The molecule has 9 aromatic carbocycles. The second-order valence-electron chi connectivity index (χ2n) is 13.6. The average Bonchev–Trinajstić information content (AvgIpc) is 3.61. The molecule has 0 amide bonds. The molecule has 0 spiro atoms. The first-order chi connectivity index (χ1) is 26.2. The number of fused-ring (bicyclic) bond motifs is 9. The fourth-order valence-electron chi connectivity index (χ4n) is 7.91. The second-order valence-corrected chi connectivity index (χ2v) is 13.6. The lowest BCUT2D eigenvalue weighted by molar-refractivity contribution is 0.673. The molecule has 2 aromatic heterocycles. The fourth-order valence-corrected chi connectivity index (χ4v) is 7.91. The zero-order valence-corrected chi connectivity index (χ0v) is 28.5. The quantitative estimate of drug-likeness (QED) is 0.174. The van der Waals surface area contributed by atoms with Crippen molar-refractivity contribution in [3.05, 3.63) is 176 Å². The summed E-state index contributed by atoms with van der Waals surface area (Å²) in [7, 11) is 0. The van der Waals surface area contributed by atoms with Crippen LogP contribution in [0.25, 0.3) is 110 Å². The number of rotatable bonds is 4. The average molecular weight is 676 g/mol. The van der Waals surface area contributed by atoms with Gasteiger partial charge < -0.3 is 4.42 Å². The Labute approximate surface area is 304 Å². The Morgan fingerprint density at radius 1 is 0.302 bits per heavy atom. The maximum absolute atomic E-state index is 6.68. The zero-order valence-electron chi connectivity index (χ0n) is 28.5. The van der Waals surface area contributed by atoms with E-state index >= 15 is 0 Å². The van der Waals surface area contributed by atoms with Crippen molar-refractivity contribution < 1.29 is 4.42 Å². The molecule has 0 fully saturated rings. The summed E-state index contributed by atoms with van der Waals surface area (Å²) < 4.78 is 6.68. The molecule has 0 saturated heterocycles. The summed E-state index contributed by atoms with van der Waals surface area (Å²) in [6.45, 7) is 0. The highest BCUT2D eigenvalue weighted by Crippen LogP contribution is 2.42. The van der Waals surface area contributed by atoms with E-state index in [0.29, 0.717) is 17.5 Å². The molecule has 0 aliphatic rings. The third kappa shape index (κ3) is 4.80. The summed E-state index contributed by atoms with van der Waals surface area (Å²) in [6, 6.07) is 61.7. The van der Waals surface area contributed by atoms with E-state index in [2.05, 4.69) is 146 Å². The van der Waals surface area contributed by atoms with Crippen LogP contribution in [0.2, 0.25) is 0 Å². The maximum atomic E-state index is 6.68. The van der Waals surface area contributed by atoms with Crippen LogP contribution in [0.1, 0.15) is 0 Å². The van der Waals surface area contributed by atoms with Gasteiger partial charge in [0.25, 0.3) is 0 Å². The molecule has 0 N–H and O–H groups in total. The molecular formula is C49H29N3O. The van der Waals surface area contributed by atoms with E-state index in [1.807, 2.05) is 30.3 Å². The lowest BCUT2D eigenvalue weighted by Crippen LogP contribution is -2.00. The third-order valence-electron chi connectivity index (χ3n) is 10.5. The van der Waals surface area contributed by atoms with Gasteiger partial charge in [0.15, 0.2) is 17.5 Å². The first kappa shape index (κ1) is 29.5. The van der Waals surface area contributed by atoms with Gasteiger partial charge in [0.2, 0.25) is 0 Å². The van der Waals surface area contributed by atoms with E-state index in [0.717, 1.165) is 60.4 Å². The Bertz CT molecular complexity index is 3240. The predicted octanol–water partition coefficient (Wildman–Crippen LogP) is 13.1. The highest BCUT2D eigenvalue weighted by atomic mass is 16.3. The largest absolute Gasteiger partial charge is 0.455 e. The number of hydrogen-bond donors (Lipinski definition) is 0. The third-order valence-corrected chi connectivity index (χ3v) is 10.5. The van der Waals surface area contributed by atoms with E-state index in [1.54, 1.807) is 0 Å². The van der Waals surface area contributed by atoms with Crippen molar-refractivity contribution in [2.45, 2.75) is 0 Å². The number of hydrogen-bond acceptors (Lipinski definition) is 4. The SMILES string of the molecule is c1ccc(-c2nc(-c3ccc4ccccc4c3)nc(-c3cc4c5cc(-c6cc7ccccc7c7ccccc67)ccc5oc4c4ccccc34)n2)cc1. The van der Waals surface area contributed by atoms with E-state index < -0.39 is 0 Å². The monoisotopic (exact) mass is 675 g/mol. The molecule has 0 aliphatic heterocycles. The summed E-state index contributed by atoms with van der Waals surface area (Å²) in [5.74, 6) is 1.88. The highest BCUT2D eigenvalue weighted by molar-refractivity contribution is 6.20. The van der Waals surface area contributed by atoms with E-state index in [4.69, 9.17) is 19.4 Å². The van der Waals surface area contributed by atoms with Crippen molar-refractivity contribution in [2.75, 3.05) is 0 Å². The van der Waals surface area contributed by atoms with E-state index in [1.165, 1.54) is 32.5 Å². The summed E-state index contributed by atoms with van der Waals surface area (Å²) >= 11 is 0. The van der Waals surface area contributed by atoms with Crippen LogP contribution in [0.5, 0.6) is 0 Å². The first-order valence-corrected chi connectivity index (χ1v) is 17.9. The second kappa shape index (κ2) is 11.7. The minimum Gasteiger partial charge on any atom is -0.455 e. The number of benzene rings is 9. The van der Waals surface area contributed by atoms with E-state index in [9.17, 15) is 0 Å². The van der Waals surface area contributed by atoms with Crippen LogP contribution in [-0.4, -0.2) is 15.0 Å². The summed E-state index contributed by atoms with van der Waals surface area (Å²) in [4.78, 5) is 15.4. The Balaban J connectivity index is 1.17. The predicted molar refractivity (Wildman–Crippen MR) is 219 cm³/mol. The van der Waals surface area contributed by atoms with Crippen LogP contribution in [0.4, 0.5) is 0 Å². The molecule has 53 heavy (non-hydrogen) atoms. The van der Waals surface area contributed by atoms with Crippen LogP contribution in [0.3, 0.4) is 0 Å². The van der Waals surface area contributed by atoms with Gasteiger partial charge >= 0.3 is 0 Å². The smallest absolute Gasteiger partial charge is 0.164 e. The van der Waals surface area contributed by atoms with Crippen LogP contribution >= 0.6 is 0 Å². The molecule has 0 radical (unpaired) electrons. The van der Waals surface area contributed by atoms with Gasteiger partial charge in [-0.1, -0.05) is 146 Å². The Kier molecular flexibility index (Phi) is 6.52. The lowest BCUT2D eigenvalue weighted by atomic mass is 9.92.